The van der Waals surface area contributed by atoms with E-state index in [9.17, 15) is 0 Å². The monoisotopic (exact) mass is 425 g/mol. The van der Waals surface area contributed by atoms with E-state index in [-0.39, 0.29) is 0 Å². The number of nitrogens with zero attached hydrogens (tertiary/aromatic N) is 2. The highest BCUT2D eigenvalue weighted by atomic mass is 32.1. The summed E-state index contributed by atoms with van der Waals surface area (Å²) in [5.74, 6) is 1.58. The van der Waals surface area contributed by atoms with Gasteiger partial charge in [-0.3, -0.25) is 0 Å². The third-order valence-corrected chi connectivity index (χ3v) is 6.09. The van der Waals surface area contributed by atoms with Crippen LogP contribution >= 0.6 is 23.6 Å². The van der Waals surface area contributed by atoms with Crippen molar-refractivity contribution in [2.75, 3.05) is 45.8 Å². The number of rotatable bonds is 10. The summed E-state index contributed by atoms with van der Waals surface area (Å²) in [6.07, 6.45) is 1.96. The molecule has 28 heavy (non-hydrogen) atoms. The van der Waals surface area contributed by atoms with Gasteiger partial charge in [-0.05, 0) is 43.3 Å². The Kier molecular flexibility index (Phi) is 7.66. The molecule has 1 aliphatic heterocycles. The zero-order valence-corrected chi connectivity index (χ0v) is 18.4. The van der Waals surface area contributed by atoms with Gasteiger partial charge in [-0.1, -0.05) is 11.3 Å². The van der Waals surface area contributed by atoms with Crippen molar-refractivity contribution in [2.45, 2.75) is 33.0 Å². The van der Waals surface area contributed by atoms with Crippen LogP contribution in [-0.2, 0) is 24.4 Å². The van der Waals surface area contributed by atoms with Crippen molar-refractivity contribution in [3.8, 4) is 11.5 Å². The predicted octanol–water partition coefficient (Wildman–Crippen LogP) is 2.13. The van der Waals surface area contributed by atoms with Crippen molar-refractivity contribution in [3.63, 3.8) is 0 Å². The first-order chi connectivity index (χ1) is 13.6. The molecular formula is C19H29N4O3S2+. The molecule has 1 aromatic heterocycles. The molecule has 7 nitrogen and oxygen atoms in total. The second kappa shape index (κ2) is 10.2. The first kappa shape index (κ1) is 21.0. The van der Waals surface area contributed by atoms with E-state index in [0.717, 1.165) is 72.9 Å². The van der Waals surface area contributed by atoms with Crippen LogP contribution in [0.2, 0.25) is 0 Å². The topological polar surface area (TPSA) is 62.0 Å². The number of quaternary nitrogens is 1. The highest BCUT2D eigenvalue weighted by Gasteiger charge is 2.23. The van der Waals surface area contributed by atoms with Gasteiger partial charge in [0.2, 0.25) is 5.13 Å². The fourth-order valence-corrected chi connectivity index (χ4v) is 4.40. The molecule has 9 heteroatoms. The van der Waals surface area contributed by atoms with Gasteiger partial charge in [0.1, 0.15) is 6.54 Å². The summed E-state index contributed by atoms with van der Waals surface area (Å²) in [4.78, 5) is 1.43. The number of ether oxygens (including phenoxy) is 3. The summed E-state index contributed by atoms with van der Waals surface area (Å²) in [5.41, 5.74) is 2.63. The SMILES string of the molecule is CCOCCCNc1nn(C[NH+]2CCc3cc(OC)c(OC)cc3C2)c(=S)s1. The maximum Gasteiger partial charge on any atom is 0.204 e. The van der Waals surface area contributed by atoms with Gasteiger partial charge in [-0.25, -0.2) is 0 Å². The Morgan fingerprint density at radius 3 is 2.71 bits per heavy atom. The van der Waals surface area contributed by atoms with Gasteiger partial charge < -0.3 is 24.4 Å². The zero-order valence-electron chi connectivity index (χ0n) is 16.7. The molecular weight excluding hydrogens is 396 g/mol. The second-order valence-electron chi connectivity index (χ2n) is 6.71. The number of nitrogens with one attached hydrogen (secondary N) is 2. The van der Waals surface area contributed by atoms with Gasteiger partial charge >= 0.3 is 0 Å². The van der Waals surface area contributed by atoms with Crippen molar-refractivity contribution in [2.24, 2.45) is 0 Å². The summed E-state index contributed by atoms with van der Waals surface area (Å²) in [5, 5.41) is 8.88. The van der Waals surface area contributed by atoms with Gasteiger partial charge in [0.05, 0.1) is 20.8 Å². The maximum absolute atomic E-state index is 5.52. The normalized spacial score (nSPS) is 15.9. The Bertz CT molecular complexity index is 837. The summed E-state index contributed by atoms with van der Waals surface area (Å²) < 4.78 is 19.0. The molecule has 0 bridgehead atoms. The molecule has 1 atom stereocenters. The number of methoxy groups -OCH3 is 2. The smallest absolute Gasteiger partial charge is 0.204 e. The highest BCUT2D eigenvalue weighted by Crippen LogP contribution is 2.31. The lowest BCUT2D eigenvalue weighted by Crippen LogP contribution is -3.11. The van der Waals surface area contributed by atoms with E-state index in [0.29, 0.717) is 0 Å². The van der Waals surface area contributed by atoms with Crippen LogP contribution in [-0.4, -0.2) is 50.3 Å². The molecule has 154 valence electrons. The largest absolute Gasteiger partial charge is 0.493 e. The summed E-state index contributed by atoms with van der Waals surface area (Å²) in [6, 6.07) is 4.20. The van der Waals surface area contributed by atoms with Crippen LogP contribution in [0, 0.1) is 3.95 Å². The molecule has 0 aliphatic carbocycles. The van der Waals surface area contributed by atoms with Crippen molar-refractivity contribution < 1.29 is 19.1 Å². The first-order valence-electron chi connectivity index (χ1n) is 9.61. The van der Waals surface area contributed by atoms with Crippen LogP contribution in [0.25, 0.3) is 0 Å². The van der Waals surface area contributed by atoms with Crippen LogP contribution in [0.4, 0.5) is 5.13 Å². The fourth-order valence-electron chi connectivity index (χ4n) is 3.37. The lowest BCUT2D eigenvalue weighted by molar-refractivity contribution is -0.938. The molecule has 0 saturated carbocycles. The van der Waals surface area contributed by atoms with E-state index in [1.807, 2.05) is 11.6 Å². The standard InChI is InChI=1S/C19H28N4O3S2/c1-4-26-9-5-7-20-18-21-23(19(27)28-18)13-22-8-6-14-10-16(24-2)17(25-3)11-15(14)12-22/h10-11H,4-9,12-13H2,1-3H3,(H,20,21)/p+1. The zero-order chi connectivity index (χ0) is 19.9. The molecule has 2 aromatic rings. The minimum absolute atomic E-state index is 0.758. The maximum atomic E-state index is 5.52. The van der Waals surface area contributed by atoms with Crippen LogP contribution in [0.5, 0.6) is 11.5 Å². The highest BCUT2D eigenvalue weighted by molar-refractivity contribution is 7.73. The third kappa shape index (κ3) is 5.22. The van der Waals surface area contributed by atoms with Crippen LogP contribution in [0.15, 0.2) is 12.1 Å². The predicted molar refractivity (Wildman–Crippen MR) is 113 cm³/mol. The minimum atomic E-state index is 0.758. The van der Waals surface area contributed by atoms with E-state index in [2.05, 4.69) is 22.5 Å². The van der Waals surface area contributed by atoms with Crippen molar-refractivity contribution in [3.05, 3.63) is 27.2 Å². The van der Waals surface area contributed by atoms with E-state index in [1.54, 1.807) is 14.2 Å². The van der Waals surface area contributed by atoms with Crippen LogP contribution in [0.3, 0.4) is 0 Å². The van der Waals surface area contributed by atoms with Crippen molar-refractivity contribution >= 4 is 28.7 Å². The number of benzene rings is 1. The summed E-state index contributed by atoms with van der Waals surface area (Å²) >= 11 is 7.04. The molecule has 0 spiro atoms. The van der Waals surface area contributed by atoms with E-state index >= 15 is 0 Å². The van der Waals surface area contributed by atoms with E-state index < -0.39 is 0 Å². The molecule has 0 fully saturated rings. The van der Waals surface area contributed by atoms with Crippen LogP contribution < -0.4 is 19.7 Å². The lowest BCUT2D eigenvalue weighted by Gasteiger charge is -2.26. The van der Waals surface area contributed by atoms with Gasteiger partial charge in [-0.15, -0.1) is 5.10 Å². The number of anilines is 1. The molecule has 1 unspecified atom stereocenters. The van der Waals surface area contributed by atoms with Gasteiger partial charge in [-0.2, -0.15) is 4.68 Å². The summed E-state index contributed by atoms with van der Waals surface area (Å²) in [6.45, 7) is 7.10. The number of fused-ring (bicyclic) bond motifs is 1. The Hall–Kier alpha value is -1.68. The Morgan fingerprint density at radius 2 is 2.00 bits per heavy atom. The quantitative estimate of drug-likeness (QED) is 0.449. The van der Waals surface area contributed by atoms with Gasteiger partial charge in [0.15, 0.2) is 22.1 Å². The van der Waals surface area contributed by atoms with Crippen molar-refractivity contribution in [1.29, 1.82) is 0 Å². The molecule has 0 radical (unpaired) electrons. The molecule has 0 saturated heterocycles. The molecule has 3 rings (SSSR count). The Morgan fingerprint density at radius 1 is 1.25 bits per heavy atom. The lowest BCUT2D eigenvalue weighted by atomic mass is 9.99. The van der Waals surface area contributed by atoms with Crippen LogP contribution in [0.1, 0.15) is 24.5 Å². The van der Waals surface area contributed by atoms with E-state index in [1.165, 1.54) is 27.4 Å². The molecule has 0 amide bonds. The number of hydrogen-bond donors (Lipinski definition) is 2. The average Bonchev–Trinajstić information content (AvgIpc) is 3.05. The Labute approximate surface area is 175 Å². The van der Waals surface area contributed by atoms with Crippen molar-refractivity contribution in [1.82, 2.24) is 9.78 Å². The van der Waals surface area contributed by atoms with Gasteiger partial charge in [0, 0.05) is 31.7 Å². The molecule has 2 N–H and O–H groups in total. The molecule has 1 aliphatic rings. The summed E-state index contributed by atoms with van der Waals surface area (Å²) in [7, 11) is 3.35. The van der Waals surface area contributed by atoms with Gasteiger partial charge in [0.25, 0.3) is 0 Å². The van der Waals surface area contributed by atoms with E-state index in [4.69, 9.17) is 26.4 Å². The second-order valence-corrected chi connectivity index (χ2v) is 8.33. The number of aromatic nitrogens is 2. The Balaban J connectivity index is 1.60. The minimum Gasteiger partial charge on any atom is -0.493 e. The molecule has 2 heterocycles. The number of hydrogen-bond acceptors (Lipinski definition) is 7. The first-order valence-corrected chi connectivity index (χ1v) is 10.8. The average molecular weight is 426 g/mol. The molecule has 1 aromatic carbocycles. The fraction of sp³-hybridized carbons (Fsp3) is 0.579. The third-order valence-electron chi connectivity index (χ3n) is 4.82.